The number of amides is 1. The maximum atomic E-state index is 13.0. The first-order valence-electron chi connectivity index (χ1n) is 9.68. The lowest BCUT2D eigenvalue weighted by Gasteiger charge is -2.25. The lowest BCUT2D eigenvalue weighted by atomic mass is 10.1. The number of aromatic nitrogens is 1. The Bertz CT molecular complexity index is 951. The molecule has 29 heavy (non-hydrogen) atoms. The van der Waals surface area contributed by atoms with Gasteiger partial charge in [-0.25, -0.2) is 9.37 Å². The summed E-state index contributed by atoms with van der Waals surface area (Å²) in [5, 5.41) is 2.77. The quantitative estimate of drug-likeness (QED) is 0.612. The van der Waals surface area contributed by atoms with Crippen molar-refractivity contribution in [3.63, 3.8) is 0 Å². The number of nitrogens with one attached hydrogen (secondary N) is 1. The molecule has 152 valence electrons. The van der Waals surface area contributed by atoms with Gasteiger partial charge in [-0.3, -0.25) is 9.69 Å². The molecule has 0 saturated heterocycles. The molecule has 5 nitrogen and oxygen atoms in total. The third kappa shape index (κ3) is 5.74. The van der Waals surface area contributed by atoms with E-state index >= 15 is 0 Å². The number of nitrogens with zero attached hydrogens (tertiary/aromatic N) is 2. The van der Waals surface area contributed by atoms with E-state index in [4.69, 9.17) is 4.42 Å². The summed E-state index contributed by atoms with van der Waals surface area (Å²) in [7, 11) is 0. The van der Waals surface area contributed by atoms with Gasteiger partial charge in [0, 0.05) is 19.1 Å². The highest BCUT2D eigenvalue weighted by Gasteiger charge is 2.17. The molecule has 3 aromatic rings. The van der Waals surface area contributed by atoms with Crippen LogP contribution in [-0.4, -0.2) is 21.8 Å². The van der Waals surface area contributed by atoms with Gasteiger partial charge >= 0.3 is 0 Å². The minimum absolute atomic E-state index is 0.238. The molecule has 0 aliphatic carbocycles. The Morgan fingerprint density at radius 1 is 1.14 bits per heavy atom. The second kappa shape index (κ2) is 9.47. The average Bonchev–Trinajstić information content (AvgIpc) is 3.17. The average molecular weight is 395 g/mol. The smallest absolute Gasteiger partial charge is 0.273 e. The molecule has 0 unspecified atom stereocenters. The molecule has 0 aliphatic rings. The van der Waals surface area contributed by atoms with Crippen molar-refractivity contribution in [3.05, 3.63) is 88.9 Å². The van der Waals surface area contributed by atoms with Gasteiger partial charge in [0.2, 0.25) is 5.89 Å². The molecule has 0 radical (unpaired) electrons. The van der Waals surface area contributed by atoms with Crippen LogP contribution >= 0.6 is 0 Å². The van der Waals surface area contributed by atoms with Crippen LogP contribution in [0.4, 0.5) is 4.39 Å². The number of hydrogen-bond donors (Lipinski definition) is 1. The van der Waals surface area contributed by atoms with Crippen LogP contribution in [0.1, 0.15) is 46.9 Å². The van der Waals surface area contributed by atoms with Gasteiger partial charge < -0.3 is 9.73 Å². The van der Waals surface area contributed by atoms with E-state index in [2.05, 4.69) is 48.1 Å². The molecular weight excluding hydrogens is 369 g/mol. The van der Waals surface area contributed by atoms with Crippen molar-refractivity contribution in [2.24, 2.45) is 0 Å². The SMILES string of the molecule is Cc1ccccc1CN(Cc1nc(C(=O)NCc2ccc(F)cc2)co1)C(C)C. The topological polar surface area (TPSA) is 58.4 Å². The Kier molecular flexibility index (Phi) is 6.77. The maximum Gasteiger partial charge on any atom is 0.273 e. The summed E-state index contributed by atoms with van der Waals surface area (Å²) in [6.45, 7) is 7.93. The Labute approximate surface area is 170 Å². The Hall–Kier alpha value is -2.99. The summed E-state index contributed by atoms with van der Waals surface area (Å²) in [6, 6.07) is 14.6. The molecular formula is C23H26FN3O2. The molecule has 6 heteroatoms. The van der Waals surface area contributed by atoms with E-state index in [1.165, 1.54) is 29.5 Å². The number of aryl methyl sites for hydroxylation is 1. The minimum atomic E-state index is -0.320. The highest BCUT2D eigenvalue weighted by atomic mass is 19.1. The number of rotatable bonds is 8. The lowest BCUT2D eigenvalue weighted by Crippen LogP contribution is -2.30. The number of carbonyl (C=O) groups is 1. The first-order valence-corrected chi connectivity index (χ1v) is 9.68. The molecule has 3 rings (SSSR count). The predicted octanol–water partition coefficient (Wildman–Crippen LogP) is 4.46. The molecule has 0 fully saturated rings. The molecule has 1 N–H and O–H groups in total. The van der Waals surface area contributed by atoms with Crippen molar-refractivity contribution in [3.8, 4) is 0 Å². The van der Waals surface area contributed by atoms with E-state index in [1.807, 2.05) is 12.1 Å². The van der Waals surface area contributed by atoms with Crippen LogP contribution in [0.25, 0.3) is 0 Å². The highest BCUT2D eigenvalue weighted by molar-refractivity contribution is 5.91. The summed E-state index contributed by atoms with van der Waals surface area (Å²) in [5.41, 5.74) is 3.55. The van der Waals surface area contributed by atoms with E-state index in [9.17, 15) is 9.18 Å². The van der Waals surface area contributed by atoms with Crippen molar-refractivity contribution in [1.29, 1.82) is 0 Å². The maximum absolute atomic E-state index is 13.0. The van der Waals surface area contributed by atoms with Gasteiger partial charge in [-0.15, -0.1) is 0 Å². The number of hydrogen-bond acceptors (Lipinski definition) is 4. The van der Waals surface area contributed by atoms with E-state index in [-0.39, 0.29) is 23.5 Å². The molecule has 1 amide bonds. The van der Waals surface area contributed by atoms with Crippen LogP contribution in [0.5, 0.6) is 0 Å². The Morgan fingerprint density at radius 2 is 1.86 bits per heavy atom. The third-order valence-electron chi connectivity index (χ3n) is 4.85. The van der Waals surface area contributed by atoms with Gasteiger partial charge in [-0.2, -0.15) is 0 Å². The molecule has 2 aromatic carbocycles. The minimum Gasteiger partial charge on any atom is -0.447 e. The van der Waals surface area contributed by atoms with E-state index in [1.54, 1.807) is 12.1 Å². The highest BCUT2D eigenvalue weighted by Crippen LogP contribution is 2.16. The molecule has 1 aromatic heterocycles. The van der Waals surface area contributed by atoms with Crippen molar-refractivity contribution in [2.45, 2.75) is 46.4 Å². The number of carbonyl (C=O) groups excluding carboxylic acids is 1. The summed E-state index contributed by atoms with van der Waals surface area (Å²) in [5.74, 6) is -0.125. The monoisotopic (exact) mass is 395 g/mol. The first kappa shape index (κ1) is 20.7. The van der Waals surface area contributed by atoms with Crippen LogP contribution in [0.2, 0.25) is 0 Å². The molecule has 0 saturated carbocycles. The van der Waals surface area contributed by atoms with Crippen LogP contribution in [0.3, 0.4) is 0 Å². The molecule has 0 bridgehead atoms. The van der Waals surface area contributed by atoms with Crippen LogP contribution in [-0.2, 0) is 19.6 Å². The summed E-state index contributed by atoms with van der Waals surface area (Å²) in [6.07, 6.45) is 1.38. The van der Waals surface area contributed by atoms with E-state index in [0.29, 0.717) is 19.0 Å². The van der Waals surface area contributed by atoms with Crippen molar-refractivity contribution >= 4 is 5.91 Å². The van der Waals surface area contributed by atoms with Gasteiger partial charge in [0.1, 0.15) is 12.1 Å². The fourth-order valence-corrected chi connectivity index (χ4v) is 2.96. The zero-order valence-corrected chi connectivity index (χ0v) is 17.0. The van der Waals surface area contributed by atoms with Crippen LogP contribution in [0, 0.1) is 12.7 Å². The van der Waals surface area contributed by atoms with Crippen molar-refractivity contribution < 1.29 is 13.6 Å². The first-order chi connectivity index (χ1) is 13.9. The number of halogens is 1. The standard InChI is InChI=1S/C23H26FN3O2/c1-16(2)27(13-19-7-5-4-6-17(19)3)14-22-26-21(15-29-22)23(28)25-12-18-8-10-20(24)11-9-18/h4-11,15-16H,12-14H2,1-3H3,(H,25,28). The Balaban J connectivity index is 1.60. The van der Waals surface area contributed by atoms with Gasteiger partial charge in [0.25, 0.3) is 5.91 Å². The van der Waals surface area contributed by atoms with Gasteiger partial charge in [0.05, 0.1) is 6.54 Å². The molecule has 1 heterocycles. The number of oxazole rings is 1. The van der Waals surface area contributed by atoms with Crippen molar-refractivity contribution in [2.75, 3.05) is 0 Å². The zero-order valence-electron chi connectivity index (χ0n) is 17.0. The third-order valence-corrected chi connectivity index (χ3v) is 4.85. The largest absolute Gasteiger partial charge is 0.447 e. The molecule has 0 atom stereocenters. The van der Waals surface area contributed by atoms with Crippen LogP contribution in [0.15, 0.2) is 59.2 Å². The van der Waals surface area contributed by atoms with Crippen molar-refractivity contribution in [1.82, 2.24) is 15.2 Å². The summed E-state index contributed by atoms with van der Waals surface area (Å²) in [4.78, 5) is 18.9. The second-order valence-electron chi connectivity index (χ2n) is 7.36. The van der Waals surface area contributed by atoms with Gasteiger partial charge in [0.15, 0.2) is 5.69 Å². The van der Waals surface area contributed by atoms with Gasteiger partial charge in [-0.1, -0.05) is 36.4 Å². The summed E-state index contributed by atoms with van der Waals surface area (Å²) < 4.78 is 18.5. The summed E-state index contributed by atoms with van der Waals surface area (Å²) >= 11 is 0. The fourth-order valence-electron chi connectivity index (χ4n) is 2.96. The second-order valence-corrected chi connectivity index (χ2v) is 7.36. The zero-order chi connectivity index (χ0) is 20.8. The van der Waals surface area contributed by atoms with Gasteiger partial charge in [-0.05, 0) is 49.6 Å². The molecule has 0 aliphatic heterocycles. The molecule has 0 spiro atoms. The number of benzene rings is 2. The van der Waals surface area contributed by atoms with Crippen LogP contribution < -0.4 is 5.32 Å². The fraction of sp³-hybridized carbons (Fsp3) is 0.304. The predicted molar refractivity (Wildman–Crippen MR) is 110 cm³/mol. The normalized spacial score (nSPS) is 11.2. The lowest BCUT2D eigenvalue weighted by molar-refractivity contribution is 0.0945. The Morgan fingerprint density at radius 3 is 2.55 bits per heavy atom. The van der Waals surface area contributed by atoms with E-state index < -0.39 is 0 Å². The van der Waals surface area contributed by atoms with E-state index in [0.717, 1.165) is 12.1 Å².